The van der Waals surface area contributed by atoms with Crippen molar-refractivity contribution in [2.75, 3.05) is 0 Å². The van der Waals surface area contributed by atoms with Crippen molar-refractivity contribution in [3.8, 4) is 16.9 Å². The van der Waals surface area contributed by atoms with Crippen LogP contribution in [-0.2, 0) is 12.5 Å². The molecule has 0 aromatic heterocycles. The van der Waals surface area contributed by atoms with E-state index >= 15 is 0 Å². The maximum atomic E-state index is 14.7. The van der Waals surface area contributed by atoms with Crippen molar-refractivity contribution in [2.45, 2.75) is 57.7 Å². The van der Waals surface area contributed by atoms with Gasteiger partial charge in [0.05, 0.1) is 5.56 Å². The topological polar surface area (TPSA) is 9.23 Å². The molecule has 0 saturated carbocycles. The molecule has 0 unspecified atom stereocenters. The molecular formula is C29H27F7O. The summed E-state index contributed by atoms with van der Waals surface area (Å²) in [7, 11) is 0. The molecule has 0 heterocycles. The molecular weight excluding hydrogens is 497 g/mol. The van der Waals surface area contributed by atoms with Crippen molar-refractivity contribution >= 4 is 6.08 Å². The van der Waals surface area contributed by atoms with Crippen LogP contribution in [0.15, 0.2) is 66.7 Å². The molecule has 0 amide bonds. The number of allylic oxidation sites excluding steroid dienone is 1. The molecule has 0 spiro atoms. The molecule has 0 fully saturated rings. The monoisotopic (exact) mass is 524 g/mol. The summed E-state index contributed by atoms with van der Waals surface area (Å²) >= 11 is 0. The van der Waals surface area contributed by atoms with Crippen LogP contribution in [0.3, 0.4) is 0 Å². The summed E-state index contributed by atoms with van der Waals surface area (Å²) in [6.45, 7) is 2.17. The summed E-state index contributed by atoms with van der Waals surface area (Å²) in [5, 5.41) is 0. The van der Waals surface area contributed by atoms with Crippen molar-refractivity contribution in [3.05, 3.63) is 95.1 Å². The van der Waals surface area contributed by atoms with Crippen molar-refractivity contribution in [1.29, 1.82) is 0 Å². The molecule has 0 radical (unpaired) electrons. The second-order valence-electron chi connectivity index (χ2n) is 8.73. The van der Waals surface area contributed by atoms with E-state index in [2.05, 4.69) is 11.7 Å². The van der Waals surface area contributed by atoms with Crippen molar-refractivity contribution < 1.29 is 35.5 Å². The molecule has 0 atom stereocenters. The number of benzene rings is 3. The lowest BCUT2D eigenvalue weighted by Gasteiger charge is -2.19. The lowest BCUT2D eigenvalue weighted by atomic mass is 10.00. The minimum absolute atomic E-state index is 0.186. The summed E-state index contributed by atoms with van der Waals surface area (Å²) in [6, 6.07) is 13.9. The van der Waals surface area contributed by atoms with Crippen LogP contribution in [0.1, 0.15) is 55.7 Å². The van der Waals surface area contributed by atoms with Gasteiger partial charge in [-0.05, 0) is 47.7 Å². The Morgan fingerprint density at radius 2 is 1.27 bits per heavy atom. The van der Waals surface area contributed by atoms with Gasteiger partial charge in [-0.25, -0.2) is 8.78 Å². The zero-order valence-electron chi connectivity index (χ0n) is 20.2. The number of rotatable bonds is 11. The number of hydrogen-bond acceptors (Lipinski definition) is 1. The molecule has 8 heteroatoms. The number of aryl methyl sites for hydroxylation is 1. The average molecular weight is 525 g/mol. The Balaban J connectivity index is 1.67. The van der Waals surface area contributed by atoms with Gasteiger partial charge in [0, 0.05) is 23.8 Å². The Hall–Kier alpha value is -3.29. The van der Waals surface area contributed by atoms with E-state index in [1.165, 1.54) is 43.4 Å². The zero-order valence-corrected chi connectivity index (χ0v) is 20.2. The fourth-order valence-corrected chi connectivity index (χ4v) is 3.82. The van der Waals surface area contributed by atoms with E-state index in [1.807, 2.05) is 24.3 Å². The van der Waals surface area contributed by atoms with Crippen LogP contribution in [0.25, 0.3) is 17.2 Å². The predicted molar refractivity (Wildman–Crippen MR) is 130 cm³/mol. The highest BCUT2D eigenvalue weighted by atomic mass is 19.4. The third kappa shape index (κ3) is 8.37. The SMILES string of the molecule is CCCCCCCc1ccc(-c2ccc(C(F)(F)Oc3cc(F)c(C=CC(F)(F)F)c(F)c3)cc2)cc1. The van der Waals surface area contributed by atoms with Crippen LogP contribution < -0.4 is 4.74 Å². The smallest absolute Gasteiger partial charge is 0.426 e. The largest absolute Gasteiger partial charge is 0.429 e. The third-order valence-corrected chi connectivity index (χ3v) is 5.81. The average Bonchev–Trinajstić information content (AvgIpc) is 2.83. The molecule has 0 aliphatic heterocycles. The van der Waals surface area contributed by atoms with E-state index in [-0.39, 0.29) is 12.2 Å². The molecule has 37 heavy (non-hydrogen) atoms. The number of ether oxygens (including phenoxy) is 1. The first-order valence-electron chi connectivity index (χ1n) is 12.0. The van der Waals surface area contributed by atoms with E-state index in [4.69, 9.17) is 0 Å². The first kappa shape index (κ1) is 28.3. The van der Waals surface area contributed by atoms with Crippen LogP contribution in [0, 0.1) is 11.6 Å². The normalized spacial score (nSPS) is 12.3. The first-order chi connectivity index (χ1) is 17.5. The van der Waals surface area contributed by atoms with Crippen LogP contribution in [-0.4, -0.2) is 6.18 Å². The van der Waals surface area contributed by atoms with Crippen LogP contribution >= 0.6 is 0 Å². The minimum atomic E-state index is -4.79. The van der Waals surface area contributed by atoms with Crippen molar-refractivity contribution in [1.82, 2.24) is 0 Å². The molecule has 3 aromatic carbocycles. The number of hydrogen-bond donors (Lipinski definition) is 0. The third-order valence-electron chi connectivity index (χ3n) is 5.81. The molecule has 0 aliphatic rings. The Kier molecular flexibility index (Phi) is 9.40. The van der Waals surface area contributed by atoms with Crippen LogP contribution in [0.4, 0.5) is 30.7 Å². The van der Waals surface area contributed by atoms with E-state index < -0.39 is 40.8 Å². The summed E-state index contributed by atoms with van der Waals surface area (Å²) in [5.74, 6) is -3.80. The predicted octanol–water partition coefficient (Wildman–Crippen LogP) is 9.85. The highest BCUT2D eigenvalue weighted by Crippen LogP contribution is 2.34. The lowest BCUT2D eigenvalue weighted by Crippen LogP contribution is -2.22. The van der Waals surface area contributed by atoms with Gasteiger partial charge in [-0.3, -0.25) is 0 Å². The zero-order chi connectivity index (χ0) is 27.1. The fraction of sp³-hybridized carbons (Fsp3) is 0.310. The first-order valence-corrected chi connectivity index (χ1v) is 12.0. The molecule has 3 aromatic rings. The van der Waals surface area contributed by atoms with E-state index in [1.54, 1.807) is 0 Å². The molecule has 3 rings (SSSR count). The Morgan fingerprint density at radius 1 is 0.730 bits per heavy atom. The van der Waals surface area contributed by atoms with Gasteiger partial charge in [-0.1, -0.05) is 69.0 Å². The second kappa shape index (κ2) is 12.3. The van der Waals surface area contributed by atoms with E-state index in [0.29, 0.717) is 17.7 Å². The van der Waals surface area contributed by atoms with Gasteiger partial charge < -0.3 is 4.74 Å². The highest BCUT2D eigenvalue weighted by Gasteiger charge is 2.35. The van der Waals surface area contributed by atoms with Gasteiger partial charge >= 0.3 is 12.3 Å². The van der Waals surface area contributed by atoms with Crippen LogP contribution in [0.5, 0.6) is 5.75 Å². The molecule has 198 valence electrons. The van der Waals surface area contributed by atoms with Gasteiger partial charge in [0.2, 0.25) is 0 Å². The maximum absolute atomic E-state index is 14.7. The Labute approximate surface area is 211 Å². The van der Waals surface area contributed by atoms with Gasteiger partial charge in [-0.15, -0.1) is 0 Å². The second-order valence-corrected chi connectivity index (χ2v) is 8.73. The maximum Gasteiger partial charge on any atom is 0.426 e. The van der Waals surface area contributed by atoms with Crippen LogP contribution in [0.2, 0.25) is 0 Å². The van der Waals surface area contributed by atoms with E-state index in [0.717, 1.165) is 30.5 Å². The Morgan fingerprint density at radius 3 is 1.81 bits per heavy atom. The highest BCUT2D eigenvalue weighted by molar-refractivity contribution is 5.64. The van der Waals surface area contributed by atoms with Crippen molar-refractivity contribution in [2.24, 2.45) is 0 Å². The number of halogens is 7. The quantitative estimate of drug-likeness (QED) is 0.179. The molecule has 1 nitrogen and oxygen atoms in total. The standard InChI is InChI=1S/C29H27F7O/c1-2-3-4-5-6-7-20-8-10-21(11-9-20)22-12-14-23(15-13-22)29(35,36)37-24-18-26(30)25(27(31)19-24)16-17-28(32,33)34/h8-19H,2-7H2,1H3. The van der Waals surface area contributed by atoms with Gasteiger partial charge in [0.1, 0.15) is 17.4 Å². The summed E-state index contributed by atoms with van der Waals surface area (Å²) in [6.07, 6.45) is -1.96. The summed E-state index contributed by atoms with van der Waals surface area (Å²) in [4.78, 5) is 0. The number of alkyl halides is 5. The van der Waals surface area contributed by atoms with Crippen molar-refractivity contribution in [3.63, 3.8) is 0 Å². The molecule has 0 N–H and O–H groups in total. The minimum Gasteiger partial charge on any atom is -0.429 e. The fourth-order valence-electron chi connectivity index (χ4n) is 3.82. The molecule has 0 saturated heterocycles. The lowest BCUT2D eigenvalue weighted by molar-refractivity contribution is -0.185. The van der Waals surface area contributed by atoms with Gasteiger partial charge in [-0.2, -0.15) is 22.0 Å². The molecule has 0 bridgehead atoms. The number of unbranched alkanes of at least 4 members (excludes halogenated alkanes) is 4. The van der Waals surface area contributed by atoms with E-state index in [9.17, 15) is 30.7 Å². The van der Waals surface area contributed by atoms with Gasteiger partial charge in [0.25, 0.3) is 0 Å². The summed E-state index contributed by atoms with van der Waals surface area (Å²) < 4.78 is 98.8. The molecule has 0 aliphatic carbocycles. The summed E-state index contributed by atoms with van der Waals surface area (Å²) in [5.41, 5.74) is 1.18. The van der Waals surface area contributed by atoms with Gasteiger partial charge in [0.15, 0.2) is 0 Å². The Bertz CT molecular complexity index is 1160.